The van der Waals surface area contributed by atoms with Crippen LogP contribution in [0.25, 0.3) is 5.65 Å². The number of halogens is 1. The third kappa shape index (κ3) is 2.47. The molecule has 3 heterocycles. The lowest BCUT2D eigenvalue weighted by Crippen LogP contribution is -2.25. The molecule has 102 valence electrons. The van der Waals surface area contributed by atoms with Crippen molar-refractivity contribution in [3.05, 3.63) is 22.4 Å². The van der Waals surface area contributed by atoms with Gasteiger partial charge in [0.1, 0.15) is 10.4 Å². The van der Waals surface area contributed by atoms with Crippen LogP contribution >= 0.6 is 15.9 Å². The Bertz CT molecular complexity index is 572. The summed E-state index contributed by atoms with van der Waals surface area (Å²) in [6.07, 6.45) is 5.15. The van der Waals surface area contributed by atoms with Crippen LogP contribution in [0.3, 0.4) is 0 Å². The number of nitrogens with two attached hydrogens (primary N) is 1. The van der Waals surface area contributed by atoms with E-state index in [2.05, 4.69) is 37.0 Å². The minimum atomic E-state index is 0.420. The van der Waals surface area contributed by atoms with Gasteiger partial charge in [0.05, 0.1) is 5.69 Å². The maximum Gasteiger partial charge on any atom is 0.155 e. The normalized spacial score (nSPS) is 16.8. The van der Waals surface area contributed by atoms with Crippen molar-refractivity contribution in [2.75, 3.05) is 18.0 Å². The van der Waals surface area contributed by atoms with Crippen molar-refractivity contribution in [1.29, 1.82) is 0 Å². The summed E-state index contributed by atoms with van der Waals surface area (Å²) in [4.78, 5) is 6.81. The molecule has 0 unspecified atom stereocenters. The molecule has 0 atom stereocenters. The van der Waals surface area contributed by atoms with Gasteiger partial charge >= 0.3 is 0 Å². The van der Waals surface area contributed by atoms with E-state index in [4.69, 9.17) is 5.73 Å². The van der Waals surface area contributed by atoms with Gasteiger partial charge in [0.2, 0.25) is 0 Å². The third-order valence-corrected chi connectivity index (χ3v) is 4.39. The number of rotatable bonds is 2. The van der Waals surface area contributed by atoms with Crippen molar-refractivity contribution in [3.63, 3.8) is 0 Å². The molecule has 3 rings (SSSR count). The van der Waals surface area contributed by atoms with Gasteiger partial charge in [-0.1, -0.05) is 12.8 Å². The molecule has 0 aliphatic carbocycles. The summed E-state index contributed by atoms with van der Waals surface area (Å²) in [5, 5.41) is 4.69. The van der Waals surface area contributed by atoms with Gasteiger partial charge in [0.25, 0.3) is 0 Å². The molecule has 5 nitrogen and oxygen atoms in total. The van der Waals surface area contributed by atoms with Crippen molar-refractivity contribution in [2.24, 2.45) is 5.73 Å². The number of hydrogen-bond acceptors (Lipinski definition) is 4. The fourth-order valence-corrected chi connectivity index (χ4v) is 3.05. The fraction of sp³-hybridized carbons (Fsp3) is 0.538. The van der Waals surface area contributed by atoms with Crippen LogP contribution in [0.1, 0.15) is 31.4 Å². The molecule has 19 heavy (non-hydrogen) atoms. The lowest BCUT2D eigenvalue weighted by molar-refractivity contribution is 0.726. The van der Waals surface area contributed by atoms with Crippen LogP contribution in [0.4, 0.5) is 5.82 Å². The molecule has 2 N–H and O–H groups in total. The maximum atomic E-state index is 5.67. The van der Waals surface area contributed by atoms with E-state index in [-0.39, 0.29) is 0 Å². The number of nitrogens with zero attached hydrogens (tertiary/aromatic N) is 4. The highest BCUT2D eigenvalue weighted by Crippen LogP contribution is 2.22. The smallest absolute Gasteiger partial charge is 0.155 e. The fourth-order valence-electron chi connectivity index (χ4n) is 2.54. The van der Waals surface area contributed by atoms with Gasteiger partial charge in [-0.15, -0.1) is 5.10 Å². The Morgan fingerprint density at radius 1 is 1.16 bits per heavy atom. The van der Waals surface area contributed by atoms with Crippen LogP contribution in [0.15, 0.2) is 16.7 Å². The van der Waals surface area contributed by atoms with Gasteiger partial charge in [-0.25, -0.2) is 9.50 Å². The average Bonchev–Trinajstić information content (AvgIpc) is 2.63. The molecule has 2 aromatic heterocycles. The van der Waals surface area contributed by atoms with Crippen LogP contribution in [0.5, 0.6) is 0 Å². The van der Waals surface area contributed by atoms with E-state index < -0.39 is 0 Å². The number of anilines is 1. The minimum Gasteiger partial charge on any atom is -0.355 e. The van der Waals surface area contributed by atoms with E-state index in [1.165, 1.54) is 25.7 Å². The Balaban J connectivity index is 1.98. The first-order chi connectivity index (χ1) is 9.29. The van der Waals surface area contributed by atoms with E-state index in [0.717, 1.165) is 34.9 Å². The highest BCUT2D eigenvalue weighted by atomic mass is 79.9. The molecule has 0 radical (unpaired) electrons. The molecule has 1 fully saturated rings. The van der Waals surface area contributed by atoms with Crippen molar-refractivity contribution in [2.45, 2.75) is 32.2 Å². The topological polar surface area (TPSA) is 59.5 Å². The summed E-state index contributed by atoms with van der Waals surface area (Å²) in [5.74, 6) is 1.02. The average molecular weight is 324 g/mol. The number of aromatic nitrogens is 3. The largest absolute Gasteiger partial charge is 0.355 e. The van der Waals surface area contributed by atoms with E-state index in [1.54, 1.807) is 0 Å². The molecule has 2 aromatic rings. The molecular weight excluding hydrogens is 306 g/mol. The lowest BCUT2D eigenvalue weighted by atomic mass is 10.2. The van der Waals surface area contributed by atoms with Gasteiger partial charge in [-0.3, -0.25) is 0 Å². The lowest BCUT2D eigenvalue weighted by Gasteiger charge is -2.21. The Morgan fingerprint density at radius 2 is 1.89 bits per heavy atom. The molecule has 1 aliphatic heterocycles. The molecule has 0 amide bonds. The first kappa shape index (κ1) is 12.9. The third-order valence-electron chi connectivity index (χ3n) is 3.60. The zero-order chi connectivity index (χ0) is 13.2. The molecule has 1 saturated heterocycles. The summed E-state index contributed by atoms with van der Waals surface area (Å²) in [5.41, 5.74) is 7.36. The van der Waals surface area contributed by atoms with Crippen LogP contribution in [0.2, 0.25) is 0 Å². The first-order valence-corrected chi connectivity index (χ1v) is 7.58. The highest BCUT2D eigenvalue weighted by Gasteiger charge is 2.14. The maximum absolute atomic E-state index is 5.67. The molecule has 0 spiro atoms. The van der Waals surface area contributed by atoms with E-state index in [9.17, 15) is 0 Å². The van der Waals surface area contributed by atoms with Gasteiger partial charge in [0, 0.05) is 19.6 Å². The van der Waals surface area contributed by atoms with E-state index in [0.29, 0.717) is 6.54 Å². The van der Waals surface area contributed by atoms with Crippen molar-refractivity contribution < 1.29 is 0 Å². The van der Waals surface area contributed by atoms with Crippen LogP contribution < -0.4 is 10.6 Å². The predicted octanol–water partition coefficient (Wildman–Crippen LogP) is 2.33. The molecule has 0 aromatic carbocycles. The summed E-state index contributed by atoms with van der Waals surface area (Å²) in [6, 6.07) is 4.07. The van der Waals surface area contributed by atoms with Crippen LogP contribution in [-0.4, -0.2) is 27.7 Å². The summed E-state index contributed by atoms with van der Waals surface area (Å²) in [6.45, 7) is 2.60. The van der Waals surface area contributed by atoms with E-state index in [1.807, 2.05) is 10.6 Å². The minimum absolute atomic E-state index is 0.420. The summed E-state index contributed by atoms with van der Waals surface area (Å²) < 4.78 is 2.70. The molecule has 0 bridgehead atoms. The summed E-state index contributed by atoms with van der Waals surface area (Å²) >= 11 is 3.53. The standard InChI is InChI=1S/C13H18BrN5/c14-13-10(9-15)16-11-5-6-12(17-19(11)13)18-7-3-1-2-4-8-18/h5-6H,1-4,7-9,15H2. The highest BCUT2D eigenvalue weighted by molar-refractivity contribution is 9.10. The van der Waals surface area contributed by atoms with Gasteiger partial charge < -0.3 is 10.6 Å². The van der Waals surface area contributed by atoms with E-state index >= 15 is 0 Å². The second kappa shape index (κ2) is 5.46. The zero-order valence-corrected chi connectivity index (χ0v) is 12.4. The Hall–Kier alpha value is -1.14. The van der Waals surface area contributed by atoms with Crippen molar-refractivity contribution in [3.8, 4) is 0 Å². The van der Waals surface area contributed by atoms with Gasteiger partial charge in [-0.2, -0.15) is 0 Å². The molecule has 0 saturated carbocycles. The van der Waals surface area contributed by atoms with Crippen LogP contribution in [-0.2, 0) is 6.54 Å². The molecular formula is C13H18BrN5. The Kier molecular flexibility index (Phi) is 3.70. The molecule has 1 aliphatic rings. The van der Waals surface area contributed by atoms with Gasteiger partial charge in [0.15, 0.2) is 5.65 Å². The van der Waals surface area contributed by atoms with Crippen molar-refractivity contribution in [1.82, 2.24) is 14.6 Å². The predicted molar refractivity (Wildman–Crippen MR) is 79.3 cm³/mol. The Labute approximate surface area is 120 Å². The quantitative estimate of drug-likeness (QED) is 0.921. The monoisotopic (exact) mass is 323 g/mol. The first-order valence-electron chi connectivity index (χ1n) is 6.79. The number of fused-ring (bicyclic) bond motifs is 1. The second-order valence-corrected chi connectivity index (χ2v) is 5.67. The Morgan fingerprint density at radius 3 is 2.58 bits per heavy atom. The molecule has 6 heteroatoms. The SMILES string of the molecule is NCc1nc2ccc(N3CCCCCC3)nn2c1Br. The van der Waals surface area contributed by atoms with Crippen molar-refractivity contribution >= 4 is 27.4 Å². The summed E-state index contributed by atoms with van der Waals surface area (Å²) in [7, 11) is 0. The van der Waals surface area contributed by atoms with Gasteiger partial charge in [-0.05, 0) is 40.9 Å². The zero-order valence-electron chi connectivity index (χ0n) is 10.8. The second-order valence-electron chi connectivity index (χ2n) is 4.92. The number of hydrogen-bond donors (Lipinski definition) is 1. The van der Waals surface area contributed by atoms with Crippen LogP contribution in [0, 0.1) is 0 Å². The number of imidazole rings is 1.